The Bertz CT molecular complexity index is 352. The van der Waals surface area contributed by atoms with E-state index in [1.54, 1.807) is 0 Å². The van der Waals surface area contributed by atoms with Crippen molar-refractivity contribution in [2.75, 3.05) is 6.54 Å². The molecule has 1 aliphatic carbocycles. The smallest absolute Gasteiger partial charge is 0.153 e. The summed E-state index contributed by atoms with van der Waals surface area (Å²) < 4.78 is 2.78. The van der Waals surface area contributed by atoms with E-state index in [-0.39, 0.29) is 0 Å². The Morgan fingerprint density at radius 1 is 1.44 bits per heavy atom. The highest BCUT2D eigenvalue weighted by Crippen LogP contribution is 2.34. The highest BCUT2D eigenvalue weighted by Gasteiger charge is 2.25. The molecule has 1 aromatic heterocycles. The minimum absolute atomic E-state index is 0.377. The number of halogens is 1. The van der Waals surface area contributed by atoms with Gasteiger partial charge in [-0.2, -0.15) is 0 Å². The van der Waals surface area contributed by atoms with Crippen molar-refractivity contribution in [3.63, 3.8) is 0 Å². The van der Waals surface area contributed by atoms with E-state index in [0.717, 1.165) is 23.5 Å². The molecule has 1 saturated carbocycles. The average Bonchev–Trinajstić information content (AvgIpc) is 2.96. The van der Waals surface area contributed by atoms with Gasteiger partial charge in [-0.25, -0.2) is 4.68 Å². The normalized spacial score (nSPS) is 18.4. The molecule has 0 spiro atoms. The molecule has 1 aromatic rings. The van der Waals surface area contributed by atoms with E-state index in [1.807, 2.05) is 11.7 Å². The Morgan fingerprint density at radius 2 is 2.17 bits per heavy atom. The highest BCUT2D eigenvalue weighted by molar-refractivity contribution is 9.10. The lowest BCUT2D eigenvalue weighted by atomic mass is 9.96. The minimum atomic E-state index is 0.377. The van der Waals surface area contributed by atoms with Gasteiger partial charge in [0.05, 0.1) is 11.7 Å². The molecular formula is C13H23BrN4. The Morgan fingerprint density at radius 3 is 2.72 bits per heavy atom. The molecule has 4 nitrogen and oxygen atoms in total. The predicted octanol–water partition coefficient (Wildman–Crippen LogP) is 3.20. The fourth-order valence-corrected chi connectivity index (χ4v) is 3.50. The Hall–Kier alpha value is -0.420. The maximum Gasteiger partial charge on any atom is 0.153 e. The topological polar surface area (TPSA) is 42.7 Å². The summed E-state index contributed by atoms with van der Waals surface area (Å²) in [5.74, 6) is 0.862. The van der Waals surface area contributed by atoms with E-state index in [4.69, 9.17) is 0 Å². The fourth-order valence-electron chi connectivity index (χ4n) is 2.90. The minimum Gasteiger partial charge on any atom is -0.309 e. The van der Waals surface area contributed by atoms with Gasteiger partial charge < -0.3 is 5.32 Å². The summed E-state index contributed by atoms with van der Waals surface area (Å²) in [4.78, 5) is 0. The Labute approximate surface area is 118 Å². The van der Waals surface area contributed by atoms with Crippen LogP contribution in [0.4, 0.5) is 0 Å². The van der Waals surface area contributed by atoms with Crippen LogP contribution in [0.5, 0.6) is 0 Å². The first-order chi connectivity index (χ1) is 8.72. The van der Waals surface area contributed by atoms with Gasteiger partial charge in [0, 0.05) is 7.05 Å². The molecule has 1 unspecified atom stereocenters. The summed E-state index contributed by atoms with van der Waals surface area (Å²) in [6.45, 7) is 3.26. The molecule has 2 rings (SSSR count). The standard InChI is InChI=1S/C13H23BrN4/c1-3-8-15-11(9-10-6-4-5-7-10)12-13(14)16-17-18(12)2/h10-11,15H,3-9H2,1-2H3. The second-order valence-electron chi connectivity index (χ2n) is 5.28. The first kappa shape index (κ1) is 14.0. The lowest BCUT2D eigenvalue weighted by Crippen LogP contribution is -2.26. The lowest BCUT2D eigenvalue weighted by molar-refractivity contribution is 0.379. The summed E-state index contributed by atoms with van der Waals surface area (Å²) in [7, 11) is 1.97. The van der Waals surface area contributed by atoms with Gasteiger partial charge in [-0.3, -0.25) is 0 Å². The number of rotatable bonds is 6. The van der Waals surface area contributed by atoms with Gasteiger partial charge >= 0.3 is 0 Å². The van der Waals surface area contributed by atoms with Crippen molar-refractivity contribution in [1.82, 2.24) is 20.3 Å². The van der Waals surface area contributed by atoms with Crippen LogP contribution in [-0.4, -0.2) is 21.5 Å². The van der Waals surface area contributed by atoms with Crippen LogP contribution in [0.3, 0.4) is 0 Å². The largest absolute Gasteiger partial charge is 0.309 e. The van der Waals surface area contributed by atoms with Crippen molar-refractivity contribution in [1.29, 1.82) is 0 Å². The van der Waals surface area contributed by atoms with Crippen LogP contribution in [0, 0.1) is 5.92 Å². The number of hydrogen-bond acceptors (Lipinski definition) is 3. The zero-order valence-electron chi connectivity index (χ0n) is 11.3. The van der Waals surface area contributed by atoms with Crippen LogP contribution in [0.1, 0.15) is 57.2 Å². The zero-order valence-corrected chi connectivity index (χ0v) is 12.9. The molecule has 0 aliphatic heterocycles. The summed E-state index contributed by atoms with van der Waals surface area (Å²) in [5, 5.41) is 11.9. The molecule has 1 heterocycles. The Kier molecular flexibility index (Phi) is 5.18. The van der Waals surface area contributed by atoms with E-state index < -0.39 is 0 Å². The molecule has 0 aromatic carbocycles. The van der Waals surface area contributed by atoms with Crippen LogP contribution in [0.15, 0.2) is 4.60 Å². The number of nitrogens with zero attached hydrogens (tertiary/aromatic N) is 3. The number of aryl methyl sites for hydroxylation is 1. The van der Waals surface area contributed by atoms with Crippen LogP contribution in [0.2, 0.25) is 0 Å². The number of nitrogens with one attached hydrogen (secondary N) is 1. The van der Waals surface area contributed by atoms with Crippen LogP contribution in [0.25, 0.3) is 0 Å². The molecule has 18 heavy (non-hydrogen) atoms. The molecule has 0 amide bonds. The van der Waals surface area contributed by atoms with E-state index >= 15 is 0 Å². The van der Waals surface area contributed by atoms with Crippen molar-refractivity contribution in [3.05, 3.63) is 10.3 Å². The summed E-state index contributed by atoms with van der Waals surface area (Å²) in [6, 6.07) is 0.377. The van der Waals surface area contributed by atoms with Gasteiger partial charge in [-0.1, -0.05) is 37.8 Å². The van der Waals surface area contributed by atoms with Crippen molar-refractivity contribution in [2.24, 2.45) is 13.0 Å². The SMILES string of the molecule is CCCNC(CC1CCCC1)c1c(Br)nnn1C. The molecule has 5 heteroatoms. The van der Waals surface area contributed by atoms with Gasteiger partial charge in [0.2, 0.25) is 0 Å². The lowest BCUT2D eigenvalue weighted by Gasteiger charge is -2.22. The third-order valence-corrected chi connectivity index (χ3v) is 4.41. The van der Waals surface area contributed by atoms with Crippen molar-refractivity contribution < 1.29 is 0 Å². The first-order valence-electron chi connectivity index (χ1n) is 7.00. The van der Waals surface area contributed by atoms with Crippen LogP contribution in [-0.2, 0) is 7.05 Å². The van der Waals surface area contributed by atoms with E-state index in [0.29, 0.717) is 6.04 Å². The van der Waals surface area contributed by atoms with Gasteiger partial charge in [-0.05, 0) is 41.2 Å². The van der Waals surface area contributed by atoms with E-state index in [9.17, 15) is 0 Å². The third kappa shape index (κ3) is 3.32. The highest BCUT2D eigenvalue weighted by atomic mass is 79.9. The Balaban J connectivity index is 2.08. The van der Waals surface area contributed by atoms with Crippen molar-refractivity contribution >= 4 is 15.9 Å². The van der Waals surface area contributed by atoms with Gasteiger partial charge in [0.1, 0.15) is 0 Å². The summed E-state index contributed by atoms with van der Waals surface area (Å²) in [5.41, 5.74) is 1.19. The average molecular weight is 315 g/mol. The molecule has 1 N–H and O–H groups in total. The van der Waals surface area contributed by atoms with Crippen molar-refractivity contribution in [3.8, 4) is 0 Å². The molecule has 1 aliphatic rings. The first-order valence-corrected chi connectivity index (χ1v) is 7.80. The summed E-state index contributed by atoms with van der Waals surface area (Å²) in [6.07, 6.45) is 7.93. The maximum absolute atomic E-state index is 4.11. The monoisotopic (exact) mass is 314 g/mol. The second kappa shape index (κ2) is 6.66. The predicted molar refractivity (Wildman–Crippen MR) is 76.3 cm³/mol. The molecule has 1 atom stereocenters. The summed E-state index contributed by atoms with van der Waals surface area (Å²) >= 11 is 3.52. The zero-order chi connectivity index (χ0) is 13.0. The molecule has 102 valence electrons. The molecule has 0 bridgehead atoms. The maximum atomic E-state index is 4.11. The quantitative estimate of drug-likeness (QED) is 0.876. The van der Waals surface area contributed by atoms with Crippen LogP contribution < -0.4 is 5.32 Å². The molecular weight excluding hydrogens is 292 g/mol. The van der Waals surface area contributed by atoms with Gasteiger partial charge in [0.15, 0.2) is 4.60 Å². The number of aromatic nitrogens is 3. The van der Waals surface area contributed by atoms with Gasteiger partial charge in [0.25, 0.3) is 0 Å². The van der Waals surface area contributed by atoms with E-state index in [1.165, 1.54) is 37.8 Å². The van der Waals surface area contributed by atoms with E-state index in [2.05, 4.69) is 38.5 Å². The van der Waals surface area contributed by atoms with Gasteiger partial charge in [-0.15, -0.1) is 5.10 Å². The second-order valence-corrected chi connectivity index (χ2v) is 6.03. The van der Waals surface area contributed by atoms with Crippen molar-refractivity contribution in [2.45, 2.75) is 51.5 Å². The van der Waals surface area contributed by atoms with Crippen LogP contribution >= 0.6 is 15.9 Å². The number of hydrogen-bond donors (Lipinski definition) is 1. The third-order valence-electron chi connectivity index (χ3n) is 3.84. The molecule has 1 fully saturated rings. The molecule has 0 saturated heterocycles. The molecule has 0 radical (unpaired) electrons. The fraction of sp³-hybridized carbons (Fsp3) is 0.846.